The molecule has 5 heteroatoms. The zero-order valence-electron chi connectivity index (χ0n) is 10.7. The second-order valence-electron chi connectivity index (χ2n) is 4.29. The van der Waals surface area contributed by atoms with E-state index in [0.29, 0.717) is 0 Å². The smallest absolute Gasteiger partial charge is 0.339 e. The van der Waals surface area contributed by atoms with Gasteiger partial charge in [-0.05, 0) is 31.2 Å². The molecule has 0 heterocycles. The number of benzene rings is 2. The predicted molar refractivity (Wildman–Crippen MR) is 73.9 cm³/mol. The Bertz CT molecular complexity index is 635. The average molecular weight is 295 g/mol. The number of ether oxygens (including phenoxy) is 1. The van der Waals surface area contributed by atoms with Crippen LogP contribution in [0.25, 0.3) is 0 Å². The highest BCUT2D eigenvalue weighted by Crippen LogP contribution is 2.24. The molecule has 0 bridgehead atoms. The van der Waals surface area contributed by atoms with Crippen LogP contribution in [0.5, 0.6) is 5.75 Å². The van der Waals surface area contributed by atoms with Crippen molar-refractivity contribution in [3.8, 4) is 5.75 Å². The minimum Gasteiger partial charge on any atom is -0.488 e. The van der Waals surface area contributed by atoms with Crippen molar-refractivity contribution in [2.24, 2.45) is 0 Å². The summed E-state index contributed by atoms with van der Waals surface area (Å²) in [5, 5.41) is 9.36. The van der Waals surface area contributed by atoms with E-state index in [2.05, 4.69) is 0 Å². The van der Waals surface area contributed by atoms with Gasteiger partial charge in [0.2, 0.25) is 0 Å². The van der Waals surface area contributed by atoms with Gasteiger partial charge in [-0.15, -0.1) is 0 Å². The summed E-state index contributed by atoms with van der Waals surface area (Å²) in [6.07, 6.45) is 0. The van der Waals surface area contributed by atoms with E-state index < -0.39 is 11.8 Å². The Balaban J connectivity index is 2.25. The standard InChI is InChI=1S/C15H12ClFO3/c1-9-5-6-14(10(7-9)15(18)19)20-8-11-12(16)3-2-4-13(11)17/h2-7H,8H2,1H3,(H,18,19). The van der Waals surface area contributed by atoms with Crippen LogP contribution in [0.1, 0.15) is 21.5 Å². The molecule has 1 N–H and O–H groups in total. The number of aryl methyl sites for hydroxylation is 1. The van der Waals surface area contributed by atoms with Gasteiger partial charge >= 0.3 is 5.97 Å². The molecule has 0 saturated heterocycles. The van der Waals surface area contributed by atoms with Crippen LogP contribution in [-0.4, -0.2) is 11.1 Å². The molecular weight excluding hydrogens is 283 g/mol. The van der Waals surface area contributed by atoms with Gasteiger partial charge in [0.05, 0.1) is 5.02 Å². The molecule has 2 aromatic rings. The molecule has 2 aromatic carbocycles. The van der Waals surface area contributed by atoms with Crippen molar-refractivity contribution < 1.29 is 19.0 Å². The Morgan fingerprint density at radius 2 is 2.10 bits per heavy atom. The van der Waals surface area contributed by atoms with Gasteiger partial charge in [-0.3, -0.25) is 0 Å². The number of aromatic carboxylic acids is 1. The summed E-state index contributed by atoms with van der Waals surface area (Å²) < 4.78 is 19.0. The lowest BCUT2D eigenvalue weighted by Gasteiger charge is -2.11. The van der Waals surface area contributed by atoms with Crippen molar-refractivity contribution in [1.29, 1.82) is 0 Å². The van der Waals surface area contributed by atoms with Gasteiger partial charge < -0.3 is 9.84 Å². The van der Waals surface area contributed by atoms with Gasteiger partial charge in [0.1, 0.15) is 23.7 Å². The molecule has 0 atom stereocenters. The molecule has 0 aliphatic carbocycles. The van der Waals surface area contributed by atoms with Crippen LogP contribution >= 0.6 is 11.6 Å². The zero-order valence-corrected chi connectivity index (χ0v) is 11.4. The van der Waals surface area contributed by atoms with Crippen LogP contribution in [-0.2, 0) is 6.61 Å². The van der Waals surface area contributed by atoms with Crippen molar-refractivity contribution in [2.45, 2.75) is 13.5 Å². The van der Waals surface area contributed by atoms with E-state index in [1.54, 1.807) is 25.1 Å². The van der Waals surface area contributed by atoms with Gasteiger partial charge in [-0.1, -0.05) is 29.3 Å². The lowest BCUT2D eigenvalue weighted by atomic mass is 10.1. The summed E-state index contributed by atoms with van der Waals surface area (Å²) in [5.41, 5.74) is 1.04. The number of carbonyl (C=O) groups is 1. The normalized spacial score (nSPS) is 10.3. The first kappa shape index (κ1) is 14.3. The SMILES string of the molecule is Cc1ccc(OCc2c(F)cccc2Cl)c(C(=O)O)c1. The highest BCUT2D eigenvalue weighted by Gasteiger charge is 2.13. The summed E-state index contributed by atoms with van der Waals surface area (Å²) in [7, 11) is 0. The first-order chi connectivity index (χ1) is 9.49. The molecule has 0 aliphatic heterocycles. The molecule has 0 aliphatic rings. The van der Waals surface area contributed by atoms with E-state index in [4.69, 9.17) is 21.4 Å². The molecule has 0 unspecified atom stereocenters. The summed E-state index contributed by atoms with van der Waals surface area (Å²) in [5.74, 6) is -1.40. The number of hydrogen-bond donors (Lipinski definition) is 1. The molecule has 0 spiro atoms. The number of hydrogen-bond acceptors (Lipinski definition) is 2. The molecule has 3 nitrogen and oxygen atoms in total. The van der Waals surface area contributed by atoms with Gasteiger partial charge in [0, 0.05) is 5.56 Å². The monoisotopic (exact) mass is 294 g/mol. The molecule has 0 amide bonds. The second-order valence-corrected chi connectivity index (χ2v) is 4.70. The van der Waals surface area contributed by atoms with Crippen molar-refractivity contribution in [3.05, 3.63) is 63.9 Å². The van der Waals surface area contributed by atoms with E-state index in [0.717, 1.165) is 5.56 Å². The third-order valence-corrected chi connectivity index (χ3v) is 3.15. The molecular formula is C15H12ClFO3. The Morgan fingerprint density at radius 3 is 2.75 bits per heavy atom. The van der Waals surface area contributed by atoms with Gasteiger partial charge in [0.25, 0.3) is 0 Å². The fraction of sp³-hybridized carbons (Fsp3) is 0.133. The minimum absolute atomic E-state index is 0.0393. The van der Waals surface area contributed by atoms with E-state index >= 15 is 0 Å². The Labute approximate surface area is 120 Å². The maximum Gasteiger partial charge on any atom is 0.339 e. The van der Waals surface area contributed by atoms with Gasteiger partial charge in [-0.25, -0.2) is 9.18 Å². The van der Waals surface area contributed by atoms with Crippen molar-refractivity contribution >= 4 is 17.6 Å². The van der Waals surface area contributed by atoms with Crippen LogP contribution in [0.4, 0.5) is 4.39 Å². The van der Waals surface area contributed by atoms with Crippen LogP contribution in [0.2, 0.25) is 5.02 Å². The van der Waals surface area contributed by atoms with Gasteiger partial charge in [-0.2, -0.15) is 0 Å². The molecule has 0 aromatic heterocycles. The van der Waals surface area contributed by atoms with Crippen LogP contribution in [0, 0.1) is 12.7 Å². The number of rotatable bonds is 4. The first-order valence-corrected chi connectivity index (χ1v) is 6.26. The summed E-state index contributed by atoms with van der Waals surface area (Å²) in [6.45, 7) is 1.65. The second kappa shape index (κ2) is 5.92. The summed E-state index contributed by atoms with van der Waals surface area (Å²) >= 11 is 5.89. The molecule has 0 radical (unpaired) electrons. The quantitative estimate of drug-likeness (QED) is 0.925. The van der Waals surface area contributed by atoms with E-state index in [-0.39, 0.29) is 28.5 Å². The highest BCUT2D eigenvalue weighted by molar-refractivity contribution is 6.31. The molecule has 0 saturated carbocycles. The molecule has 2 rings (SSSR count). The topological polar surface area (TPSA) is 46.5 Å². The van der Waals surface area contributed by atoms with Crippen LogP contribution < -0.4 is 4.74 Å². The third-order valence-electron chi connectivity index (χ3n) is 2.80. The fourth-order valence-corrected chi connectivity index (χ4v) is 1.97. The largest absolute Gasteiger partial charge is 0.488 e. The average Bonchev–Trinajstić information content (AvgIpc) is 2.39. The molecule has 20 heavy (non-hydrogen) atoms. The summed E-state index contributed by atoms with van der Waals surface area (Å²) in [6, 6.07) is 9.10. The van der Waals surface area contributed by atoms with Gasteiger partial charge in [0.15, 0.2) is 0 Å². The van der Waals surface area contributed by atoms with E-state index in [9.17, 15) is 9.18 Å². The lowest BCUT2D eigenvalue weighted by molar-refractivity contribution is 0.0691. The lowest BCUT2D eigenvalue weighted by Crippen LogP contribution is -2.05. The molecule has 0 fully saturated rings. The molecule has 104 valence electrons. The number of carboxylic acid groups (broad SMARTS) is 1. The Morgan fingerprint density at radius 1 is 1.35 bits per heavy atom. The van der Waals surface area contributed by atoms with Crippen LogP contribution in [0.3, 0.4) is 0 Å². The fourth-order valence-electron chi connectivity index (χ4n) is 1.76. The van der Waals surface area contributed by atoms with Crippen LogP contribution in [0.15, 0.2) is 36.4 Å². The predicted octanol–water partition coefficient (Wildman–Crippen LogP) is 4.06. The first-order valence-electron chi connectivity index (χ1n) is 5.88. The van der Waals surface area contributed by atoms with Crippen molar-refractivity contribution in [3.63, 3.8) is 0 Å². The van der Waals surface area contributed by atoms with Crippen molar-refractivity contribution in [1.82, 2.24) is 0 Å². The Hall–Kier alpha value is -2.07. The number of halogens is 2. The number of carboxylic acids is 1. The zero-order chi connectivity index (χ0) is 14.7. The van der Waals surface area contributed by atoms with E-state index in [1.165, 1.54) is 18.2 Å². The maximum atomic E-state index is 13.6. The maximum absolute atomic E-state index is 13.6. The van der Waals surface area contributed by atoms with E-state index in [1.807, 2.05) is 0 Å². The minimum atomic E-state index is -1.09. The van der Waals surface area contributed by atoms with Crippen molar-refractivity contribution in [2.75, 3.05) is 0 Å². The Kier molecular flexibility index (Phi) is 4.25. The highest BCUT2D eigenvalue weighted by atomic mass is 35.5. The summed E-state index contributed by atoms with van der Waals surface area (Å²) in [4.78, 5) is 11.1. The third kappa shape index (κ3) is 3.08.